The number of para-hydroxylation sites is 1. The number of aromatic nitrogens is 1. The minimum absolute atomic E-state index is 0.0432. The zero-order chi connectivity index (χ0) is 17.9. The highest BCUT2D eigenvalue weighted by molar-refractivity contribution is 6.02. The fourth-order valence-corrected chi connectivity index (χ4v) is 2.67. The van der Waals surface area contributed by atoms with E-state index in [4.69, 9.17) is 4.74 Å². The summed E-state index contributed by atoms with van der Waals surface area (Å²) < 4.78 is 19.2. The minimum atomic E-state index is -0.367. The topological polar surface area (TPSA) is 57.6 Å². The molecule has 0 fully saturated rings. The van der Waals surface area contributed by atoms with Gasteiger partial charge in [-0.15, -0.1) is 0 Å². The van der Waals surface area contributed by atoms with Crippen LogP contribution in [0.3, 0.4) is 0 Å². The summed E-state index contributed by atoms with van der Waals surface area (Å²) in [6.07, 6.45) is 1.51. The molecule has 4 nitrogen and oxygen atoms in total. The summed E-state index contributed by atoms with van der Waals surface area (Å²) in [4.78, 5) is 7.16. The number of fused-ring (bicyclic) bond motifs is 1. The Labute approximate surface area is 149 Å². The normalized spacial score (nSPS) is 11.3. The number of hydrogen-bond donors (Lipinski definition) is 2. The molecule has 1 heterocycles. The molecule has 26 heavy (non-hydrogen) atoms. The van der Waals surface area contributed by atoms with Crippen LogP contribution in [0.2, 0.25) is 0 Å². The van der Waals surface area contributed by atoms with Gasteiger partial charge in [0.2, 0.25) is 0 Å². The van der Waals surface area contributed by atoms with Gasteiger partial charge in [-0.1, -0.05) is 18.2 Å². The quantitative estimate of drug-likeness (QED) is 0.476. The second kappa shape index (κ2) is 6.72. The number of aromatic amines is 1. The van der Waals surface area contributed by atoms with E-state index in [0.29, 0.717) is 27.9 Å². The van der Waals surface area contributed by atoms with Gasteiger partial charge in [0.15, 0.2) is 5.88 Å². The Morgan fingerprint density at radius 2 is 1.65 bits per heavy atom. The molecule has 0 saturated carbocycles. The van der Waals surface area contributed by atoms with Crippen LogP contribution >= 0.6 is 0 Å². The Hall–Kier alpha value is -3.60. The molecule has 0 unspecified atom stereocenters. The Balaban J connectivity index is 1.56. The molecule has 0 saturated heterocycles. The van der Waals surface area contributed by atoms with Gasteiger partial charge in [0.05, 0.1) is 11.3 Å². The second-order valence-corrected chi connectivity index (χ2v) is 5.74. The maximum Gasteiger partial charge on any atom is 0.198 e. The zero-order valence-corrected chi connectivity index (χ0v) is 13.7. The number of aromatic hydroxyl groups is 1. The lowest BCUT2D eigenvalue weighted by molar-refractivity contribution is 0.457. The van der Waals surface area contributed by atoms with Crippen molar-refractivity contribution in [3.8, 4) is 17.4 Å². The molecule has 0 radical (unpaired) electrons. The first-order valence-electron chi connectivity index (χ1n) is 8.06. The van der Waals surface area contributed by atoms with Crippen LogP contribution in [-0.2, 0) is 0 Å². The van der Waals surface area contributed by atoms with Crippen LogP contribution in [0.5, 0.6) is 17.4 Å². The number of H-pyrrole nitrogens is 1. The van der Waals surface area contributed by atoms with E-state index in [2.05, 4.69) is 9.98 Å². The van der Waals surface area contributed by atoms with Crippen molar-refractivity contribution in [1.29, 1.82) is 0 Å². The van der Waals surface area contributed by atoms with Gasteiger partial charge in [0.1, 0.15) is 17.3 Å². The van der Waals surface area contributed by atoms with Gasteiger partial charge in [-0.25, -0.2) is 4.39 Å². The van der Waals surface area contributed by atoms with Crippen molar-refractivity contribution in [2.75, 3.05) is 0 Å². The van der Waals surface area contributed by atoms with Crippen LogP contribution in [0.4, 0.5) is 10.1 Å². The van der Waals surface area contributed by atoms with E-state index in [0.717, 1.165) is 5.75 Å². The summed E-state index contributed by atoms with van der Waals surface area (Å²) in [5.74, 6) is 1.05. The molecule has 0 aliphatic carbocycles. The molecule has 0 aliphatic heterocycles. The van der Waals surface area contributed by atoms with Crippen molar-refractivity contribution in [3.63, 3.8) is 0 Å². The molecular weight excluding hydrogens is 331 g/mol. The van der Waals surface area contributed by atoms with Crippen molar-refractivity contribution in [2.24, 2.45) is 4.99 Å². The van der Waals surface area contributed by atoms with E-state index in [9.17, 15) is 9.50 Å². The van der Waals surface area contributed by atoms with Gasteiger partial charge in [0.25, 0.3) is 0 Å². The van der Waals surface area contributed by atoms with Gasteiger partial charge >= 0.3 is 0 Å². The number of nitrogens with one attached hydrogen (secondary N) is 1. The highest BCUT2D eigenvalue weighted by Crippen LogP contribution is 2.28. The fraction of sp³-hybridized carbons (Fsp3) is 0. The Morgan fingerprint density at radius 3 is 2.42 bits per heavy atom. The summed E-state index contributed by atoms with van der Waals surface area (Å²) in [5.41, 5.74) is 1.79. The van der Waals surface area contributed by atoms with Gasteiger partial charge in [-0.3, -0.25) is 4.99 Å². The van der Waals surface area contributed by atoms with E-state index in [1.54, 1.807) is 18.2 Å². The number of benzene rings is 3. The molecule has 0 atom stereocenters. The number of rotatable bonds is 4. The summed E-state index contributed by atoms with van der Waals surface area (Å²) in [6.45, 7) is 0. The smallest absolute Gasteiger partial charge is 0.198 e. The summed E-state index contributed by atoms with van der Waals surface area (Å²) in [7, 11) is 0. The lowest BCUT2D eigenvalue weighted by Crippen LogP contribution is -1.83. The third-order valence-electron chi connectivity index (χ3n) is 3.94. The van der Waals surface area contributed by atoms with Crippen molar-refractivity contribution < 1.29 is 14.2 Å². The van der Waals surface area contributed by atoms with E-state index in [-0.39, 0.29) is 11.7 Å². The van der Waals surface area contributed by atoms with E-state index in [1.165, 1.54) is 18.3 Å². The van der Waals surface area contributed by atoms with Crippen molar-refractivity contribution in [2.45, 2.75) is 0 Å². The standard InChI is InChI=1S/C21H15FN2O2/c22-14-6-11-20-18(12-14)19(21(25)24-20)13-23-15-7-9-17(10-8-15)26-16-4-2-1-3-5-16/h1-13,24-25H. The first-order valence-corrected chi connectivity index (χ1v) is 8.06. The minimum Gasteiger partial charge on any atom is -0.494 e. The van der Waals surface area contributed by atoms with E-state index >= 15 is 0 Å². The monoisotopic (exact) mass is 346 g/mol. The number of nitrogens with zero attached hydrogens (tertiary/aromatic N) is 1. The average molecular weight is 346 g/mol. The highest BCUT2D eigenvalue weighted by atomic mass is 19.1. The molecule has 4 aromatic rings. The molecule has 4 rings (SSSR count). The van der Waals surface area contributed by atoms with Gasteiger partial charge in [0, 0.05) is 17.1 Å². The SMILES string of the molecule is Oc1[nH]c2ccc(F)cc2c1C=Nc1ccc(Oc2ccccc2)cc1. The third kappa shape index (κ3) is 3.28. The largest absolute Gasteiger partial charge is 0.494 e. The average Bonchev–Trinajstić information content (AvgIpc) is 2.96. The molecule has 3 aromatic carbocycles. The summed E-state index contributed by atoms with van der Waals surface area (Å²) in [5, 5.41) is 10.6. The first-order chi connectivity index (χ1) is 12.7. The van der Waals surface area contributed by atoms with Crippen molar-refractivity contribution in [3.05, 3.63) is 84.2 Å². The maximum absolute atomic E-state index is 13.5. The van der Waals surface area contributed by atoms with Crippen LogP contribution in [-0.4, -0.2) is 16.3 Å². The van der Waals surface area contributed by atoms with E-state index < -0.39 is 0 Å². The number of halogens is 1. The number of ether oxygens (including phenoxy) is 1. The lowest BCUT2D eigenvalue weighted by Gasteiger charge is -2.05. The summed E-state index contributed by atoms with van der Waals surface area (Å²) >= 11 is 0. The first kappa shape index (κ1) is 15.9. The van der Waals surface area contributed by atoms with Gasteiger partial charge < -0.3 is 14.8 Å². The zero-order valence-electron chi connectivity index (χ0n) is 13.7. The van der Waals surface area contributed by atoms with Crippen molar-refractivity contribution >= 4 is 22.8 Å². The molecule has 2 N–H and O–H groups in total. The van der Waals surface area contributed by atoms with Crippen LogP contribution in [0, 0.1) is 5.82 Å². The lowest BCUT2D eigenvalue weighted by atomic mass is 10.2. The van der Waals surface area contributed by atoms with Crippen molar-refractivity contribution in [1.82, 2.24) is 4.98 Å². The fourth-order valence-electron chi connectivity index (χ4n) is 2.67. The second-order valence-electron chi connectivity index (χ2n) is 5.74. The number of aliphatic imine (C=N–C) groups is 1. The molecule has 0 amide bonds. The van der Waals surface area contributed by atoms with Gasteiger partial charge in [-0.05, 0) is 54.6 Å². The van der Waals surface area contributed by atoms with Gasteiger partial charge in [-0.2, -0.15) is 0 Å². The Kier molecular flexibility index (Phi) is 4.11. The van der Waals surface area contributed by atoms with Crippen LogP contribution in [0.1, 0.15) is 5.56 Å². The molecular formula is C21H15FN2O2. The molecule has 0 bridgehead atoms. The highest BCUT2D eigenvalue weighted by Gasteiger charge is 2.09. The predicted molar refractivity (Wildman–Crippen MR) is 100 cm³/mol. The van der Waals surface area contributed by atoms with Crippen LogP contribution < -0.4 is 4.74 Å². The summed E-state index contributed by atoms with van der Waals surface area (Å²) in [6, 6.07) is 21.0. The molecule has 5 heteroatoms. The Bertz CT molecular complexity index is 1070. The van der Waals surface area contributed by atoms with Crippen LogP contribution in [0.15, 0.2) is 77.8 Å². The molecule has 0 aliphatic rings. The molecule has 0 spiro atoms. The maximum atomic E-state index is 13.5. The molecule has 1 aromatic heterocycles. The molecule has 128 valence electrons. The predicted octanol–water partition coefficient (Wildman–Crippen LogP) is 5.56. The number of hydrogen-bond acceptors (Lipinski definition) is 3. The van der Waals surface area contributed by atoms with E-state index in [1.807, 2.05) is 42.5 Å². The van der Waals surface area contributed by atoms with Crippen LogP contribution in [0.25, 0.3) is 10.9 Å². The third-order valence-corrected chi connectivity index (χ3v) is 3.94. The Morgan fingerprint density at radius 1 is 0.923 bits per heavy atom.